The summed E-state index contributed by atoms with van der Waals surface area (Å²) in [5.74, 6) is 0. The first-order valence-corrected chi connectivity index (χ1v) is 5.25. The SMILES string of the molecule is CCCc1ccccc1C(C)(C)OC. The highest BCUT2D eigenvalue weighted by Crippen LogP contribution is 2.27. The number of ether oxygens (including phenoxy) is 1. The first-order valence-electron chi connectivity index (χ1n) is 5.25. The molecule has 1 heteroatoms. The maximum absolute atomic E-state index is 5.51. The van der Waals surface area contributed by atoms with Gasteiger partial charge in [-0.2, -0.15) is 0 Å². The maximum atomic E-state index is 5.51. The highest BCUT2D eigenvalue weighted by atomic mass is 16.5. The van der Waals surface area contributed by atoms with E-state index in [2.05, 4.69) is 45.0 Å². The number of hydrogen-bond donors (Lipinski definition) is 0. The number of benzene rings is 1. The molecule has 0 aliphatic carbocycles. The Morgan fingerprint density at radius 1 is 1.21 bits per heavy atom. The fraction of sp³-hybridized carbons (Fsp3) is 0.538. The Morgan fingerprint density at radius 2 is 1.86 bits per heavy atom. The molecule has 1 aromatic carbocycles. The third kappa shape index (κ3) is 2.36. The Kier molecular flexibility index (Phi) is 3.70. The molecule has 0 aliphatic heterocycles. The summed E-state index contributed by atoms with van der Waals surface area (Å²) in [4.78, 5) is 0. The zero-order valence-corrected chi connectivity index (χ0v) is 9.63. The summed E-state index contributed by atoms with van der Waals surface area (Å²) in [6.07, 6.45) is 2.31. The molecule has 1 aromatic rings. The first kappa shape index (κ1) is 11.3. The minimum atomic E-state index is -0.175. The highest BCUT2D eigenvalue weighted by Gasteiger charge is 2.21. The number of rotatable bonds is 4. The molecule has 1 nitrogen and oxygen atoms in total. The number of hydrogen-bond acceptors (Lipinski definition) is 1. The van der Waals surface area contributed by atoms with Crippen molar-refractivity contribution in [3.8, 4) is 0 Å². The average Bonchev–Trinajstić information content (AvgIpc) is 2.19. The molecule has 0 aromatic heterocycles. The van der Waals surface area contributed by atoms with Crippen molar-refractivity contribution in [1.82, 2.24) is 0 Å². The Labute approximate surface area is 87.1 Å². The molecule has 0 saturated heterocycles. The van der Waals surface area contributed by atoms with E-state index in [4.69, 9.17) is 4.74 Å². The van der Waals surface area contributed by atoms with Crippen LogP contribution in [0.25, 0.3) is 0 Å². The molecule has 0 spiro atoms. The van der Waals surface area contributed by atoms with Crippen molar-refractivity contribution in [3.05, 3.63) is 35.4 Å². The van der Waals surface area contributed by atoms with Gasteiger partial charge in [0.15, 0.2) is 0 Å². The van der Waals surface area contributed by atoms with Crippen LogP contribution in [-0.4, -0.2) is 7.11 Å². The van der Waals surface area contributed by atoms with Gasteiger partial charge in [0.25, 0.3) is 0 Å². The lowest BCUT2D eigenvalue weighted by atomic mass is 9.91. The summed E-state index contributed by atoms with van der Waals surface area (Å²) < 4.78 is 5.51. The van der Waals surface area contributed by atoms with Gasteiger partial charge in [-0.1, -0.05) is 37.6 Å². The number of methoxy groups -OCH3 is 1. The van der Waals surface area contributed by atoms with Gasteiger partial charge >= 0.3 is 0 Å². The Bertz CT molecular complexity index is 289. The van der Waals surface area contributed by atoms with Crippen LogP contribution in [-0.2, 0) is 16.8 Å². The lowest BCUT2D eigenvalue weighted by Crippen LogP contribution is -2.21. The fourth-order valence-corrected chi connectivity index (χ4v) is 1.70. The molecule has 14 heavy (non-hydrogen) atoms. The highest BCUT2D eigenvalue weighted by molar-refractivity contribution is 5.31. The first-order chi connectivity index (χ1) is 6.61. The normalized spacial score (nSPS) is 11.7. The zero-order chi connectivity index (χ0) is 10.6. The molecule has 0 aliphatic rings. The molecular weight excluding hydrogens is 172 g/mol. The topological polar surface area (TPSA) is 9.23 Å². The van der Waals surface area contributed by atoms with Crippen LogP contribution in [0.5, 0.6) is 0 Å². The van der Waals surface area contributed by atoms with Gasteiger partial charge in [-0.05, 0) is 31.4 Å². The summed E-state index contributed by atoms with van der Waals surface area (Å²) in [7, 11) is 1.77. The lowest BCUT2D eigenvalue weighted by Gasteiger charge is -2.26. The van der Waals surface area contributed by atoms with E-state index < -0.39 is 0 Å². The molecule has 0 heterocycles. The van der Waals surface area contributed by atoms with Gasteiger partial charge < -0.3 is 4.74 Å². The molecule has 78 valence electrons. The van der Waals surface area contributed by atoms with Gasteiger partial charge in [-0.15, -0.1) is 0 Å². The van der Waals surface area contributed by atoms with E-state index in [0.717, 1.165) is 6.42 Å². The predicted octanol–water partition coefficient (Wildman–Crippen LogP) is 3.52. The van der Waals surface area contributed by atoms with E-state index in [0.29, 0.717) is 0 Å². The molecule has 0 N–H and O–H groups in total. The second-order valence-corrected chi connectivity index (χ2v) is 4.12. The fourth-order valence-electron chi connectivity index (χ4n) is 1.70. The van der Waals surface area contributed by atoms with Crippen molar-refractivity contribution in [3.63, 3.8) is 0 Å². The molecule has 0 fully saturated rings. The quantitative estimate of drug-likeness (QED) is 0.709. The van der Waals surface area contributed by atoms with Crippen molar-refractivity contribution in [2.24, 2.45) is 0 Å². The Morgan fingerprint density at radius 3 is 2.43 bits per heavy atom. The van der Waals surface area contributed by atoms with Crippen LogP contribution in [0.2, 0.25) is 0 Å². The van der Waals surface area contributed by atoms with E-state index in [1.165, 1.54) is 17.5 Å². The smallest absolute Gasteiger partial charge is 0.0874 e. The van der Waals surface area contributed by atoms with Crippen LogP contribution in [0.15, 0.2) is 24.3 Å². The van der Waals surface area contributed by atoms with Crippen molar-refractivity contribution in [1.29, 1.82) is 0 Å². The largest absolute Gasteiger partial charge is 0.374 e. The molecular formula is C13H20O. The van der Waals surface area contributed by atoms with Crippen LogP contribution < -0.4 is 0 Å². The predicted molar refractivity (Wildman–Crippen MR) is 60.5 cm³/mol. The van der Waals surface area contributed by atoms with Crippen molar-refractivity contribution in [2.75, 3.05) is 7.11 Å². The van der Waals surface area contributed by atoms with Gasteiger partial charge in [-0.25, -0.2) is 0 Å². The molecule has 0 saturated carbocycles. The van der Waals surface area contributed by atoms with Crippen LogP contribution >= 0.6 is 0 Å². The van der Waals surface area contributed by atoms with Gasteiger partial charge in [-0.3, -0.25) is 0 Å². The minimum absolute atomic E-state index is 0.175. The van der Waals surface area contributed by atoms with E-state index >= 15 is 0 Å². The third-order valence-corrected chi connectivity index (χ3v) is 2.70. The van der Waals surface area contributed by atoms with Crippen LogP contribution in [0.3, 0.4) is 0 Å². The summed E-state index contributed by atoms with van der Waals surface area (Å²) in [6, 6.07) is 8.53. The molecule has 1 rings (SSSR count). The summed E-state index contributed by atoms with van der Waals surface area (Å²) >= 11 is 0. The number of aryl methyl sites for hydroxylation is 1. The second-order valence-electron chi connectivity index (χ2n) is 4.12. The van der Waals surface area contributed by atoms with E-state index in [1.807, 2.05) is 0 Å². The monoisotopic (exact) mass is 192 g/mol. The molecule has 0 unspecified atom stereocenters. The summed E-state index contributed by atoms with van der Waals surface area (Å²) in [5.41, 5.74) is 2.54. The third-order valence-electron chi connectivity index (χ3n) is 2.70. The maximum Gasteiger partial charge on any atom is 0.0874 e. The van der Waals surface area contributed by atoms with E-state index in [9.17, 15) is 0 Å². The van der Waals surface area contributed by atoms with Crippen LogP contribution in [0.1, 0.15) is 38.3 Å². The molecule has 0 bridgehead atoms. The summed E-state index contributed by atoms with van der Waals surface area (Å²) in [5, 5.41) is 0. The van der Waals surface area contributed by atoms with Crippen LogP contribution in [0, 0.1) is 0 Å². The van der Waals surface area contributed by atoms with Gasteiger partial charge in [0.05, 0.1) is 5.60 Å². The second kappa shape index (κ2) is 4.61. The van der Waals surface area contributed by atoms with E-state index in [1.54, 1.807) is 7.11 Å². The average molecular weight is 192 g/mol. The Hall–Kier alpha value is -0.820. The Balaban J connectivity index is 3.06. The molecule has 0 atom stereocenters. The summed E-state index contributed by atoms with van der Waals surface area (Å²) in [6.45, 7) is 6.43. The van der Waals surface area contributed by atoms with Gasteiger partial charge in [0, 0.05) is 7.11 Å². The molecule has 0 radical (unpaired) electrons. The van der Waals surface area contributed by atoms with Gasteiger partial charge in [0.2, 0.25) is 0 Å². The standard InChI is InChI=1S/C13H20O/c1-5-8-11-9-6-7-10-12(11)13(2,3)14-4/h6-7,9-10H,5,8H2,1-4H3. The van der Waals surface area contributed by atoms with Crippen LogP contribution in [0.4, 0.5) is 0 Å². The van der Waals surface area contributed by atoms with Gasteiger partial charge in [0.1, 0.15) is 0 Å². The minimum Gasteiger partial charge on any atom is -0.374 e. The lowest BCUT2D eigenvalue weighted by molar-refractivity contribution is 0.0185. The van der Waals surface area contributed by atoms with E-state index in [-0.39, 0.29) is 5.60 Å². The molecule has 0 amide bonds. The van der Waals surface area contributed by atoms with Crippen molar-refractivity contribution < 1.29 is 4.74 Å². The zero-order valence-electron chi connectivity index (χ0n) is 9.63. The van der Waals surface area contributed by atoms with Crippen molar-refractivity contribution in [2.45, 2.75) is 39.2 Å². The van der Waals surface area contributed by atoms with Crippen molar-refractivity contribution >= 4 is 0 Å².